The lowest BCUT2D eigenvalue weighted by molar-refractivity contribution is 0.0527. The number of nitrogens with zero attached hydrogens (tertiary/aromatic N) is 4. The van der Waals surface area contributed by atoms with E-state index in [-0.39, 0.29) is 5.97 Å². The second-order valence-electron chi connectivity index (χ2n) is 7.49. The van der Waals surface area contributed by atoms with Crippen LogP contribution >= 0.6 is 0 Å². The first-order valence-electron chi connectivity index (χ1n) is 9.82. The minimum absolute atomic E-state index is 0.295. The summed E-state index contributed by atoms with van der Waals surface area (Å²) in [6.45, 7) is 7.20. The van der Waals surface area contributed by atoms with Gasteiger partial charge < -0.3 is 9.64 Å². The fourth-order valence-corrected chi connectivity index (χ4v) is 4.36. The lowest BCUT2D eigenvalue weighted by Gasteiger charge is -2.27. The maximum atomic E-state index is 12.7. The van der Waals surface area contributed by atoms with Crippen molar-refractivity contribution < 1.29 is 9.53 Å². The number of benzene rings is 1. The molecule has 1 aromatic carbocycles. The molecule has 1 aliphatic heterocycles. The molecule has 2 unspecified atom stereocenters. The summed E-state index contributed by atoms with van der Waals surface area (Å²) in [5, 5.41) is 5.48. The number of esters is 1. The molecule has 6 heteroatoms. The number of ether oxygens (including phenoxy) is 1. The molecule has 6 nitrogen and oxygen atoms in total. The second kappa shape index (κ2) is 7.26. The first-order chi connectivity index (χ1) is 13.5. The summed E-state index contributed by atoms with van der Waals surface area (Å²) in [5.74, 6) is 0.0944. The van der Waals surface area contributed by atoms with Crippen molar-refractivity contribution in [3.8, 4) is 0 Å². The molecule has 2 aromatic heterocycles. The number of carbonyl (C=O) groups excluding carboxylic acids is 1. The summed E-state index contributed by atoms with van der Waals surface area (Å²) < 4.78 is 7.11. The average molecular weight is 378 g/mol. The molecule has 4 rings (SSSR count). The number of anilines is 1. The zero-order valence-corrected chi connectivity index (χ0v) is 16.8. The Balaban J connectivity index is 1.84. The van der Waals surface area contributed by atoms with Gasteiger partial charge in [-0.3, -0.25) is 4.68 Å². The third-order valence-corrected chi connectivity index (χ3v) is 5.63. The molecule has 1 aliphatic rings. The number of pyridine rings is 1. The van der Waals surface area contributed by atoms with Crippen molar-refractivity contribution >= 4 is 22.7 Å². The highest BCUT2D eigenvalue weighted by Crippen LogP contribution is 2.40. The minimum atomic E-state index is -0.328. The van der Waals surface area contributed by atoms with Crippen LogP contribution in [0.5, 0.6) is 0 Å². The zero-order valence-electron chi connectivity index (χ0n) is 16.8. The number of rotatable bonds is 4. The van der Waals surface area contributed by atoms with E-state index in [0.717, 1.165) is 35.4 Å². The van der Waals surface area contributed by atoms with E-state index in [0.29, 0.717) is 24.1 Å². The van der Waals surface area contributed by atoms with Crippen molar-refractivity contribution in [2.75, 3.05) is 18.1 Å². The highest BCUT2D eigenvalue weighted by molar-refractivity contribution is 6.05. The van der Waals surface area contributed by atoms with Crippen molar-refractivity contribution in [3.05, 3.63) is 53.3 Å². The predicted molar refractivity (Wildman–Crippen MR) is 110 cm³/mol. The molecule has 0 aliphatic carbocycles. The van der Waals surface area contributed by atoms with Crippen LogP contribution in [0, 0.1) is 6.92 Å². The van der Waals surface area contributed by atoms with Gasteiger partial charge in [0.05, 0.1) is 23.4 Å². The van der Waals surface area contributed by atoms with Crippen LogP contribution in [0.4, 0.5) is 5.69 Å². The maximum absolute atomic E-state index is 12.7. The van der Waals surface area contributed by atoms with Crippen molar-refractivity contribution in [2.24, 2.45) is 7.05 Å². The lowest BCUT2D eigenvalue weighted by Crippen LogP contribution is -2.29. The molecule has 0 bridgehead atoms. The first kappa shape index (κ1) is 18.5. The van der Waals surface area contributed by atoms with Gasteiger partial charge in [0.2, 0.25) is 0 Å². The van der Waals surface area contributed by atoms with E-state index in [1.807, 2.05) is 27.0 Å². The molecule has 0 N–H and O–H groups in total. The van der Waals surface area contributed by atoms with E-state index >= 15 is 0 Å². The molecule has 2 atom stereocenters. The van der Waals surface area contributed by atoms with Crippen LogP contribution in [0.25, 0.3) is 11.0 Å². The molecule has 3 aromatic rings. The third kappa shape index (κ3) is 3.03. The summed E-state index contributed by atoms with van der Waals surface area (Å²) in [7, 11) is 1.89. The summed E-state index contributed by atoms with van der Waals surface area (Å²) in [6.07, 6.45) is 2.68. The van der Waals surface area contributed by atoms with Crippen LogP contribution in [-0.4, -0.2) is 39.9 Å². The van der Waals surface area contributed by atoms with Crippen molar-refractivity contribution in [2.45, 2.75) is 39.2 Å². The molecule has 0 saturated carbocycles. The van der Waals surface area contributed by atoms with E-state index in [2.05, 4.69) is 46.2 Å². The number of carbonyl (C=O) groups is 1. The van der Waals surface area contributed by atoms with Crippen LogP contribution in [0.2, 0.25) is 0 Å². The molecule has 1 saturated heterocycles. The number of aryl methyl sites for hydroxylation is 2. The molecule has 146 valence electrons. The van der Waals surface area contributed by atoms with E-state index in [9.17, 15) is 4.79 Å². The van der Waals surface area contributed by atoms with E-state index in [1.54, 1.807) is 10.9 Å². The van der Waals surface area contributed by atoms with E-state index in [4.69, 9.17) is 4.74 Å². The molecular formula is C22H26N4O2. The normalized spacial score (nSPS) is 19.4. The Bertz CT molecular complexity index is 1010. The molecule has 28 heavy (non-hydrogen) atoms. The number of hydrogen-bond donors (Lipinski definition) is 0. The summed E-state index contributed by atoms with van der Waals surface area (Å²) in [5.41, 5.74) is 4.42. The highest BCUT2D eigenvalue weighted by Gasteiger charge is 2.35. The smallest absolute Gasteiger partial charge is 0.341 e. The third-order valence-electron chi connectivity index (χ3n) is 5.63. The van der Waals surface area contributed by atoms with Gasteiger partial charge in [0.1, 0.15) is 5.56 Å². The summed E-state index contributed by atoms with van der Waals surface area (Å²) >= 11 is 0. The zero-order chi connectivity index (χ0) is 19.8. The Morgan fingerprint density at radius 2 is 2.04 bits per heavy atom. The summed E-state index contributed by atoms with van der Waals surface area (Å²) in [4.78, 5) is 19.6. The van der Waals surface area contributed by atoms with Gasteiger partial charge in [-0.05, 0) is 32.8 Å². The van der Waals surface area contributed by atoms with Crippen LogP contribution in [-0.2, 0) is 11.8 Å². The van der Waals surface area contributed by atoms with Gasteiger partial charge in [0.15, 0.2) is 5.65 Å². The topological polar surface area (TPSA) is 60.2 Å². The highest BCUT2D eigenvalue weighted by atomic mass is 16.5. The van der Waals surface area contributed by atoms with Gasteiger partial charge >= 0.3 is 5.97 Å². The van der Waals surface area contributed by atoms with Gasteiger partial charge in [-0.15, -0.1) is 0 Å². The molecule has 0 amide bonds. The molecule has 1 fully saturated rings. The maximum Gasteiger partial charge on any atom is 0.341 e. The summed E-state index contributed by atoms with van der Waals surface area (Å²) in [6, 6.07) is 10.9. The number of fused-ring (bicyclic) bond motifs is 1. The van der Waals surface area contributed by atoms with E-state index < -0.39 is 0 Å². The van der Waals surface area contributed by atoms with Crippen LogP contribution in [0.1, 0.15) is 47.8 Å². The first-order valence-corrected chi connectivity index (χ1v) is 9.82. The van der Waals surface area contributed by atoms with Crippen molar-refractivity contribution in [3.63, 3.8) is 0 Å². The van der Waals surface area contributed by atoms with Gasteiger partial charge in [0, 0.05) is 31.7 Å². The van der Waals surface area contributed by atoms with Gasteiger partial charge in [0.25, 0.3) is 0 Å². The lowest BCUT2D eigenvalue weighted by atomic mass is 9.97. The molecule has 3 heterocycles. The average Bonchev–Trinajstić information content (AvgIpc) is 3.22. The largest absolute Gasteiger partial charge is 0.462 e. The van der Waals surface area contributed by atoms with Crippen LogP contribution < -0.4 is 4.90 Å². The Hall–Kier alpha value is -2.89. The Kier molecular flexibility index (Phi) is 4.79. The minimum Gasteiger partial charge on any atom is -0.462 e. The van der Waals surface area contributed by atoms with Crippen molar-refractivity contribution in [1.82, 2.24) is 14.8 Å². The SMILES string of the molecule is CCOC(=O)c1cnc2c(c(C)nn2C)c1N1CC(c2ccccc2)CC1C. The Morgan fingerprint density at radius 1 is 1.29 bits per heavy atom. The van der Waals surface area contributed by atoms with Crippen LogP contribution in [0.3, 0.4) is 0 Å². The van der Waals surface area contributed by atoms with Gasteiger partial charge in [-0.1, -0.05) is 30.3 Å². The molecular weight excluding hydrogens is 352 g/mol. The van der Waals surface area contributed by atoms with Gasteiger partial charge in [-0.2, -0.15) is 5.10 Å². The monoisotopic (exact) mass is 378 g/mol. The fourth-order valence-electron chi connectivity index (χ4n) is 4.36. The van der Waals surface area contributed by atoms with Gasteiger partial charge in [-0.25, -0.2) is 9.78 Å². The fraction of sp³-hybridized carbons (Fsp3) is 0.409. The predicted octanol–water partition coefficient (Wildman–Crippen LogP) is 3.84. The van der Waals surface area contributed by atoms with Crippen molar-refractivity contribution in [1.29, 1.82) is 0 Å². The molecule has 0 radical (unpaired) electrons. The number of aromatic nitrogens is 3. The standard InChI is InChI=1S/C22H26N4O2/c1-5-28-22(27)18-12-23-21-19(15(3)24-25(21)4)20(18)26-13-17(11-14(26)2)16-9-7-6-8-10-16/h6-10,12,14,17H,5,11,13H2,1-4H3. The van der Waals surface area contributed by atoms with Crippen LogP contribution in [0.15, 0.2) is 36.5 Å². The number of hydrogen-bond acceptors (Lipinski definition) is 5. The quantitative estimate of drug-likeness (QED) is 0.646. The van der Waals surface area contributed by atoms with E-state index in [1.165, 1.54) is 5.56 Å². The Labute approximate surface area is 165 Å². The second-order valence-corrected chi connectivity index (χ2v) is 7.49. The molecule has 0 spiro atoms. The Morgan fingerprint density at radius 3 is 2.75 bits per heavy atom.